The molecule has 1 aromatic rings. The second kappa shape index (κ2) is 5.94. The van der Waals surface area contributed by atoms with Crippen LogP contribution >= 0.6 is 0 Å². The molecule has 0 radical (unpaired) electrons. The number of nitrogens with one attached hydrogen (secondary N) is 1. The standard InChI is InChI=1S/C12H20N2O5S/c1-4-5-12(2,17)8-13-20(18,19)9-6-10(11(15)16)14(3)7-9/h6-7,13,17H,4-5,8H2,1-3H3,(H,15,16). The molecule has 0 saturated carbocycles. The highest BCUT2D eigenvalue weighted by Gasteiger charge is 2.25. The number of aryl methyl sites for hydroxylation is 1. The number of aromatic nitrogens is 1. The van der Waals surface area contributed by atoms with Crippen molar-refractivity contribution in [3.05, 3.63) is 18.0 Å². The summed E-state index contributed by atoms with van der Waals surface area (Å²) in [6.45, 7) is 3.31. The highest BCUT2D eigenvalue weighted by atomic mass is 32.2. The summed E-state index contributed by atoms with van der Waals surface area (Å²) in [5, 5.41) is 18.8. The molecular weight excluding hydrogens is 284 g/mol. The van der Waals surface area contributed by atoms with E-state index in [0.717, 1.165) is 12.5 Å². The van der Waals surface area contributed by atoms with E-state index >= 15 is 0 Å². The van der Waals surface area contributed by atoms with Crippen LogP contribution in [0.15, 0.2) is 17.2 Å². The minimum Gasteiger partial charge on any atom is -0.477 e. The first kappa shape index (κ1) is 16.7. The fourth-order valence-corrected chi connectivity index (χ4v) is 3.09. The first-order valence-electron chi connectivity index (χ1n) is 6.21. The Balaban J connectivity index is 2.90. The summed E-state index contributed by atoms with van der Waals surface area (Å²) < 4.78 is 27.6. The van der Waals surface area contributed by atoms with Gasteiger partial charge in [-0.3, -0.25) is 0 Å². The summed E-state index contributed by atoms with van der Waals surface area (Å²) in [4.78, 5) is 10.8. The molecule has 0 amide bonds. The molecule has 20 heavy (non-hydrogen) atoms. The Morgan fingerprint density at radius 3 is 2.55 bits per heavy atom. The highest BCUT2D eigenvalue weighted by Crippen LogP contribution is 2.15. The number of aliphatic hydroxyl groups is 1. The molecule has 0 aliphatic heterocycles. The summed E-state index contributed by atoms with van der Waals surface area (Å²) in [6, 6.07) is 1.08. The number of hydrogen-bond donors (Lipinski definition) is 3. The molecule has 0 fully saturated rings. The lowest BCUT2D eigenvalue weighted by Gasteiger charge is -2.22. The molecule has 1 rings (SSSR count). The van der Waals surface area contributed by atoms with Crippen molar-refractivity contribution in [2.24, 2.45) is 7.05 Å². The summed E-state index contributed by atoms with van der Waals surface area (Å²) in [5.74, 6) is -1.20. The lowest BCUT2D eigenvalue weighted by molar-refractivity contribution is 0.0554. The van der Waals surface area contributed by atoms with Gasteiger partial charge in [0.2, 0.25) is 10.0 Å². The minimum absolute atomic E-state index is 0.120. The van der Waals surface area contributed by atoms with Crippen LogP contribution in [0.4, 0.5) is 0 Å². The van der Waals surface area contributed by atoms with Crippen molar-refractivity contribution in [2.75, 3.05) is 6.54 Å². The van der Waals surface area contributed by atoms with Crippen LogP contribution in [0.1, 0.15) is 37.2 Å². The van der Waals surface area contributed by atoms with Gasteiger partial charge in [0.15, 0.2) is 0 Å². The van der Waals surface area contributed by atoms with Gasteiger partial charge in [0.05, 0.1) is 5.60 Å². The summed E-state index contributed by atoms with van der Waals surface area (Å²) in [7, 11) is -2.39. The van der Waals surface area contributed by atoms with Crippen molar-refractivity contribution in [1.82, 2.24) is 9.29 Å². The Kier molecular flexibility index (Phi) is 4.95. The second-order valence-electron chi connectivity index (χ2n) is 5.05. The predicted octanol–water partition coefficient (Wildman–Crippen LogP) is 0.553. The van der Waals surface area contributed by atoms with Crippen LogP contribution < -0.4 is 4.72 Å². The number of sulfonamides is 1. The first-order valence-corrected chi connectivity index (χ1v) is 7.69. The quantitative estimate of drug-likeness (QED) is 0.682. The molecule has 8 heteroatoms. The van der Waals surface area contributed by atoms with Crippen molar-refractivity contribution in [3.63, 3.8) is 0 Å². The molecule has 7 nitrogen and oxygen atoms in total. The largest absolute Gasteiger partial charge is 0.477 e. The summed E-state index contributed by atoms with van der Waals surface area (Å²) in [6.07, 6.45) is 2.41. The summed E-state index contributed by atoms with van der Waals surface area (Å²) >= 11 is 0. The van der Waals surface area contributed by atoms with Gasteiger partial charge in [-0.15, -0.1) is 0 Å². The normalized spacial score (nSPS) is 15.0. The Bertz CT molecular complexity index is 589. The lowest BCUT2D eigenvalue weighted by atomic mass is 10.0. The third-order valence-corrected chi connectivity index (χ3v) is 4.31. The fraction of sp³-hybridized carbons (Fsp3) is 0.583. The monoisotopic (exact) mass is 304 g/mol. The van der Waals surface area contributed by atoms with Gasteiger partial charge in [0.1, 0.15) is 10.6 Å². The molecule has 0 spiro atoms. The lowest BCUT2D eigenvalue weighted by Crippen LogP contribution is -2.40. The topological polar surface area (TPSA) is 109 Å². The fourth-order valence-electron chi connectivity index (χ4n) is 1.85. The first-order chi connectivity index (χ1) is 9.09. The van der Waals surface area contributed by atoms with Gasteiger partial charge in [-0.2, -0.15) is 0 Å². The maximum Gasteiger partial charge on any atom is 0.352 e. The molecule has 0 aliphatic carbocycles. The van der Waals surface area contributed by atoms with Gasteiger partial charge in [0.25, 0.3) is 0 Å². The Morgan fingerprint density at radius 1 is 1.50 bits per heavy atom. The van der Waals surface area contributed by atoms with E-state index < -0.39 is 21.6 Å². The molecule has 0 aliphatic rings. The average Bonchev–Trinajstić information content (AvgIpc) is 2.70. The predicted molar refractivity (Wildman–Crippen MR) is 73.1 cm³/mol. The molecule has 0 bridgehead atoms. The molecule has 1 atom stereocenters. The highest BCUT2D eigenvalue weighted by molar-refractivity contribution is 7.89. The molecule has 114 valence electrons. The third-order valence-electron chi connectivity index (χ3n) is 2.94. The molecule has 1 heterocycles. The zero-order valence-electron chi connectivity index (χ0n) is 11.8. The van der Waals surface area contributed by atoms with Gasteiger partial charge in [0, 0.05) is 19.8 Å². The maximum atomic E-state index is 12.0. The zero-order valence-corrected chi connectivity index (χ0v) is 12.6. The van der Waals surface area contributed by atoms with Crippen LogP contribution in [0.5, 0.6) is 0 Å². The van der Waals surface area contributed by atoms with E-state index in [1.54, 1.807) is 6.92 Å². The Labute approximate surface area is 118 Å². The van der Waals surface area contributed by atoms with Crippen LogP contribution in [0.25, 0.3) is 0 Å². The van der Waals surface area contributed by atoms with E-state index in [2.05, 4.69) is 4.72 Å². The van der Waals surface area contributed by atoms with Crippen LogP contribution in [0.3, 0.4) is 0 Å². The maximum absolute atomic E-state index is 12.0. The van der Waals surface area contributed by atoms with Crippen molar-refractivity contribution >= 4 is 16.0 Å². The van der Waals surface area contributed by atoms with Crippen molar-refractivity contribution < 1.29 is 23.4 Å². The number of carboxylic acid groups (broad SMARTS) is 1. The smallest absolute Gasteiger partial charge is 0.352 e. The molecule has 0 saturated heterocycles. The van der Waals surface area contributed by atoms with Crippen molar-refractivity contribution in [3.8, 4) is 0 Å². The van der Waals surface area contributed by atoms with Crippen LogP contribution in [-0.4, -0.2) is 41.3 Å². The number of carbonyl (C=O) groups is 1. The number of hydrogen-bond acceptors (Lipinski definition) is 4. The van der Waals surface area contributed by atoms with Gasteiger partial charge < -0.3 is 14.8 Å². The van der Waals surface area contributed by atoms with Crippen molar-refractivity contribution in [2.45, 2.75) is 37.2 Å². The SMILES string of the molecule is CCCC(C)(O)CNS(=O)(=O)c1cc(C(=O)O)n(C)c1. The molecule has 3 N–H and O–H groups in total. The van der Waals surface area contributed by atoms with E-state index in [4.69, 9.17) is 5.11 Å². The van der Waals surface area contributed by atoms with E-state index in [1.807, 2.05) is 6.92 Å². The average molecular weight is 304 g/mol. The molecule has 1 aromatic heterocycles. The minimum atomic E-state index is -3.84. The second-order valence-corrected chi connectivity index (χ2v) is 6.82. The molecule has 1 unspecified atom stereocenters. The van der Waals surface area contributed by atoms with Crippen LogP contribution in [0, 0.1) is 0 Å². The van der Waals surface area contributed by atoms with E-state index in [-0.39, 0.29) is 17.1 Å². The zero-order chi connectivity index (χ0) is 15.6. The van der Waals surface area contributed by atoms with Gasteiger partial charge in [-0.1, -0.05) is 13.3 Å². The van der Waals surface area contributed by atoms with Gasteiger partial charge in [-0.05, 0) is 19.4 Å². The van der Waals surface area contributed by atoms with Gasteiger partial charge >= 0.3 is 5.97 Å². The van der Waals surface area contributed by atoms with E-state index in [1.165, 1.54) is 17.8 Å². The third kappa shape index (κ3) is 4.06. The number of carboxylic acids is 1. The Hall–Kier alpha value is -1.38. The van der Waals surface area contributed by atoms with Gasteiger partial charge in [-0.25, -0.2) is 17.9 Å². The Morgan fingerprint density at radius 2 is 2.10 bits per heavy atom. The molecular formula is C12H20N2O5S. The van der Waals surface area contributed by atoms with E-state index in [0.29, 0.717) is 6.42 Å². The number of rotatable bonds is 7. The van der Waals surface area contributed by atoms with E-state index in [9.17, 15) is 18.3 Å². The van der Waals surface area contributed by atoms with Crippen LogP contribution in [-0.2, 0) is 17.1 Å². The van der Waals surface area contributed by atoms with Crippen molar-refractivity contribution in [1.29, 1.82) is 0 Å². The number of aromatic carboxylic acids is 1. The molecule has 0 aromatic carbocycles. The number of nitrogens with zero attached hydrogens (tertiary/aromatic N) is 1. The van der Waals surface area contributed by atoms with Crippen LogP contribution in [0.2, 0.25) is 0 Å². The summed E-state index contributed by atoms with van der Waals surface area (Å²) in [5.41, 5.74) is -1.25.